The van der Waals surface area contributed by atoms with Crippen LogP contribution in [0.4, 0.5) is 9.18 Å². The van der Waals surface area contributed by atoms with Crippen LogP contribution in [0.3, 0.4) is 0 Å². The molecule has 2 aromatic carbocycles. The number of nitrogens with zero attached hydrogens (tertiary/aromatic N) is 2. The van der Waals surface area contributed by atoms with Crippen LogP contribution in [-0.4, -0.2) is 64.6 Å². The number of ether oxygens (including phenoxy) is 1. The van der Waals surface area contributed by atoms with Crippen LogP contribution >= 0.6 is 11.6 Å². The minimum atomic E-state index is -4.10. The van der Waals surface area contributed by atoms with Gasteiger partial charge in [-0.25, -0.2) is 27.1 Å². The normalized spacial score (nSPS) is 14.5. The molecule has 0 unspecified atom stereocenters. The number of likely N-dealkylation sites (tertiary alicyclic amines) is 1. The quantitative estimate of drug-likeness (QED) is 0.396. The number of carbonyl (C=O) groups is 1. The monoisotopic (exact) mass is 579 g/mol. The van der Waals surface area contributed by atoms with Crippen molar-refractivity contribution in [3.8, 4) is 5.75 Å². The largest absolute Gasteiger partial charge is 0.422 e. The van der Waals surface area contributed by atoms with E-state index in [1.807, 2.05) is 0 Å². The Morgan fingerprint density at radius 1 is 1.18 bits per heavy atom. The molecule has 0 aliphatic carbocycles. The molecule has 4 rings (SSSR count). The fourth-order valence-corrected chi connectivity index (χ4v) is 5.87. The third kappa shape index (κ3) is 6.78. The van der Waals surface area contributed by atoms with Crippen molar-refractivity contribution in [1.82, 2.24) is 14.5 Å². The summed E-state index contributed by atoms with van der Waals surface area (Å²) >= 11 is 6.32. The number of amides is 1. The molecular weight excluding hydrogens is 549 g/mol. The molecule has 12 heteroatoms. The molecule has 210 valence electrons. The molecular formula is C27H31ClFN3O6S. The number of fused-ring (bicyclic) bond motifs is 1. The van der Waals surface area contributed by atoms with Crippen LogP contribution in [0.15, 0.2) is 44.4 Å². The number of hydrogen-bond acceptors (Lipinski definition) is 7. The lowest BCUT2D eigenvalue weighted by Crippen LogP contribution is -2.37. The van der Waals surface area contributed by atoms with Crippen LogP contribution in [-0.2, 0) is 16.4 Å². The number of piperidine rings is 1. The second kappa shape index (κ2) is 12.0. The fraction of sp³-hybridized carbons (Fsp3) is 0.407. The number of carbonyl (C=O) groups excluding carboxylic acids is 1. The molecule has 1 N–H and O–H groups in total. The number of benzene rings is 2. The van der Waals surface area contributed by atoms with Gasteiger partial charge in [-0.15, -0.1) is 0 Å². The van der Waals surface area contributed by atoms with Crippen molar-refractivity contribution < 1.29 is 26.8 Å². The van der Waals surface area contributed by atoms with Crippen LogP contribution in [0.1, 0.15) is 36.0 Å². The van der Waals surface area contributed by atoms with Gasteiger partial charge in [0.15, 0.2) is 5.75 Å². The fourth-order valence-electron chi connectivity index (χ4n) is 4.52. The lowest BCUT2D eigenvalue weighted by molar-refractivity contribution is 0.172. The average Bonchev–Trinajstić information content (AvgIpc) is 2.89. The molecule has 0 spiro atoms. The van der Waals surface area contributed by atoms with E-state index in [1.54, 1.807) is 6.92 Å². The lowest BCUT2D eigenvalue weighted by atomic mass is 9.99. The van der Waals surface area contributed by atoms with E-state index in [0.717, 1.165) is 32.0 Å². The van der Waals surface area contributed by atoms with Crippen LogP contribution in [0.25, 0.3) is 11.0 Å². The molecule has 1 aliphatic rings. The standard InChI is InChI=1S/C27H31ClFN3O6S/c1-17-19-15-21(28)24(38-27(34)31(2)3)16-23(19)37-26(33)20(17)13-18-7-8-22(29)25(14-18)39(35,36)30-9-12-32-10-5-4-6-11-32/h7-8,14-16,30H,4-6,9-13H2,1-3H3. The van der Waals surface area contributed by atoms with Gasteiger partial charge < -0.3 is 19.0 Å². The predicted molar refractivity (Wildman–Crippen MR) is 147 cm³/mol. The van der Waals surface area contributed by atoms with Crippen molar-refractivity contribution in [1.29, 1.82) is 0 Å². The number of aryl methyl sites for hydroxylation is 1. The van der Waals surface area contributed by atoms with E-state index in [0.29, 0.717) is 23.1 Å². The molecule has 0 radical (unpaired) electrons. The van der Waals surface area contributed by atoms with Gasteiger partial charge in [-0.2, -0.15) is 0 Å². The van der Waals surface area contributed by atoms with Gasteiger partial charge in [0, 0.05) is 50.6 Å². The summed E-state index contributed by atoms with van der Waals surface area (Å²) < 4.78 is 53.6. The highest BCUT2D eigenvalue weighted by Gasteiger charge is 2.22. The maximum absolute atomic E-state index is 14.6. The number of rotatable bonds is 8. The first kappa shape index (κ1) is 29.0. The second-order valence-corrected chi connectivity index (χ2v) is 11.9. The van der Waals surface area contributed by atoms with E-state index in [1.165, 1.54) is 49.7 Å². The molecule has 3 aromatic rings. The summed E-state index contributed by atoms with van der Waals surface area (Å²) in [4.78, 5) is 27.8. The van der Waals surface area contributed by atoms with E-state index < -0.39 is 32.5 Å². The zero-order valence-corrected chi connectivity index (χ0v) is 23.6. The first-order valence-corrected chi connectivity index (χ1v) is 14.5. The maximum Gasteiger partial charge on any atom is 0.414 e. The highest BCUT2D eigenvalue weighted by Crippen LogP contribution is 2.33. The molecule has 0 saturated carbocycles. The van der Waals surface area contributed by atoms with Gasteiger partial charge >= 0.3 is 11.7 Å². The smallest absolute Gasteiger partial charge is 0.414 e. The third-order valence-corrected chi connectivity index (χ3v) is 8.51. The van der Waals surface area contributed by atoms with Crippen molar-refractivity contribution >= 4 is 38.7 Å². The predicted octanol–water partition coefficient (Wildman–Crippen LogP) is 4.31. The van der Waals surface area contributed by atoms with Crippen molar-refractivity contribution in [3.05, 3.63) is 68.3 Å². The van der Waals surface area contributed by atoms with Gasteiger partial charge in [0.05, 0.1) is 5.02 Å². The Labute approximate surface area is 231 Å². The SMILES string of the molecule is Cc1c(Cc2ccc(F)c(S(=O)(=O)NCCN3CCCCC3)c2)c(=O)oc2cc(OC(=O)N(C)C)c(Cl)cc12. The van der Waals surface area contributed by atoms with Crippen LogP contribution in [0.5, 0.6) is 5.75 Å². The summed E-state index contributed by atoms with van der Waals surface area (Å²) in [6.07, 6.45) is 2.71. The van der Waals surface area contributed by atoms with Gasteiger partial charge in [-0.3, -0.25) is 0 Å². The van der Waals surface area contributed by atoms with Gasteiger partial charge in [-0.1, -0.05) is 24.1 Å². The maximum atomic E-state index is 14.6. The Kier molecular flexibility index (Phi) is 8.95. The highest BCUT2D eigenvalue weighted by molar-refractivity contribution is 7.89. The Morgan fingerprint density at radius 2 is 1.90 bits per heavy atom. The Morgan fingerprint density at radius 3 is 2.59 bits per heavy atom. The minimum Gasteiger partial charge on any atom is -0.422 e. The van der Waals surface area contributed by atoms with Crippen LogP contribution in [0.2, 0.25) is 5.02 Å². The van der Waals surface area contributed by atoms with E-state index in [2.05, 4.69) is 9.62 Å². The van der Waals surface area contributed by atoms with Gasteiger partial charge in [0.1, 0.15) is 16.3 Å². The highest BCUT2D eigenvalue weighted by atomic mass is 35.5. The molecule has 0 bridgehead atoms. The molecule has 1 aromatic heterocycles. The summed E-state index contributed by atoms with van der Waals surface area (Å²) in [5, 5.41) is 0.667. The Bertz CT molecular complexity index is 1550. The third-order valence-electron chi connectivity index (χ3n) is 6.74. The summed E-state index contributed by atoms with van der Waals surface area (Å²) in [5.74, 6) is -0.836. The van der Waals surface area contributed by atoms with Crippen molar-refractivity contribution in [2.75, 3.05) is 40.3 Å². The Balaban J connectivity index is 1.58. The zero-order valence-electron chi connectivity index (χ0n) is 22.1. The molecule has 1 saturated heterocycles. The first-order valence-electron chi connectivity index (χ1n) is 12.6. The Hall–Kier alpha value is -2.99. The van der Waals surface area contributed by atoms with E-state index in [-0.39, 0.29) is 34.9 Å². The number of sulfonamides is 1. The van der Waals surface area contributed by atoms with Gasteiger partial charge in [0.2, 0.25) is 10.0 Å². The van der Waals surface area contributed by atoms with Crippen molar-refractivity contribution in [3.63, 3.8) is 0 Å². The van der Waals surface area contributed by atoms with Crippen LogP contribution < -0.4 is 15.1 Å². The second-order valence-electron chi connectivity index (χ2n) is 9.78. The number of hydrogen-bond donors (Lipinski definition) is 1. The van der Waals surface area contributed by atoms with E-state index in [9.17, 15) is 22.4 Å². The molecule has 2 heterocycles. The molecule has 9 nitrogen and oxygen atoms in total. The lowest BCUT2D eigenvalue weighted by Gasteiger charge is -2.26. The first-order chi connectivity index (χ1) is 18.5. The van der Waals surface area contributed by atoms with Crippen molar-refractivity contribution in [2.45, 2.75) is 37.5 Å². The molecule has 0 atom stereocenters. The molecule has 1 fully saturated rings. The summed E-state index contributed by atoms with van der Waals surface area (Å²) in [6.45, 7) is 4.28. The summed E-state index contributed by atoms with van der Waals surface area (Å²) in [6, 6.07) is 6.65. The number of halogens is 2. The number of nitrogens with one attached hydrogen (secondary N) is 1. The summed E-state index contributed by atoms with van der Waals surface area (Å²) in [5.41, 5.74) is 0.768. The minimum absolute atomic E-state index is 0.00959. The summed E-state index contributed by atoms with van der Waals surface area (Å²) in [7, 11) is -1.06. The van der Waals surface area contributed by atoms with E-state index >= 15 is 0 Å². The average molecular weight is 580 g/mol. The molecule has 1 amide bonds. The van der Waals surface area contributed by atoms with Gasteiger partial charge in [-0.05, 0) is 62.2 Å². The molecule has 39 heavy (non-hydrogen) atoms. The van der Waals surface area contributed by atoms with Crippen LogP contribution in [0, 0.1) is 12.7 Å². The van der Waals surface area contributed by atoms with E-state index in [4.69, 9.17) is 20.8 Å². The van der Waals surface area contributed by atoms with Crippen molar-refractivity contribution in [2.24, 2.45) is 0 Å². The topological polar surface area (TPSA) is 109 Å². The zero-order chi connectivity index (χ0) is 28.3. The van der Waals surface area contributed by atoms with Gasteiger partial charge in [0.25, 0.3) is 0 Å². The molecule has 1 aliphatic heterocycles.